The first-order valence-electron chi connectivity index (χ1n) is 9.14. The number of carbonyl (C=O) groups excluding carboxylic acids is 1. The number of carboxylic acids is 1. The van der Waals surface area contributed by atoms with E-state index < -0.39 is 18.2 Å². The van der Waals surface area contributed by atoms with Crippen LogP contribution in [0.25, 0.3) is 0 Å². The van der Waals surface area contributed by atoms with Gasteiger partial charge < -0.3 is 20.1 Å². The number of hydrogen-bond donors (Lipinski definition) is 2. The Hall–Kier alpha value is 1.03. The molecule has 4 nitrogen and oxygen atoms in total. The fourth-order valence-corrected chi connectivity index (χ4v) is 2.67. The molecule has 0 saturated heterocycles. The van der Waals surface area contributed by atoms with Gasteiger partial charge in [0.1, 0.15) is 0 Å². The van der Waals surface area contributed by atoms with Gasteiger partial charge in [-0.3, -0.25) is 0 Å². The summed E-state index contributed by atoms with van der Waals surface area (Å²) >= 11 is 0. The minimum absolute atomic E-state index is 0. The van der Waals surface area contributed by atoms with E-state index in [4.69, 9.17) is 0 Å². The average Bonchev–Trinajstić information content (AvgIpc) is 2.49. The molecule has 132 valence electrons. The summed E-state index contributed by atoms with van der Waals surface area (Å²) in [6.07, 6.45) is 11.8. The summed E-state index contributed by atoms with van der Waals surface area (Å²) in [6, 6.07) is 0. The van der Waals surface area contributed by atoms with Gasteiger partial charge in [0, 0.05) is 5.97 Å². The van der Waals surface area contributed by atoms with Crippen molar-refractivity contribution in [1.82, 2.24) is 0 Å². The van der Waals surface area contributed by atoms with E-state index in [1.54, 1.807) is 0 Å². The second-order valence-corrected chi connectivity index (χ2v) is 6.37. The third-order valence-electron chi connectivity index (χ3n) is 4.18. The Labute approximate surface area is 184 Å². The van der Waals surface area contributed by atoms with Crippen LogP contribution in [0.3, 0.4) is 0 Å². The Kier molecular flexibility index (Phi) is 22.1. The summed E-state index contributed by atoms with van der Waals surface area (Å²) < 4.78 is 0. The molecule has 0 aliphatic heterocycles. The Bertz CT molecular complexity index is 261. The Morgan fingerprint density at radius 1 is 0.783 bits per heavy atom. The number of aliphatic hydroxyl groups excluding tert-OH is 2. The van der Waals surface area contributed by atoms with E-state index in [0.29, 0.717) is 19.3 Å². The summed E-state index contributed by atoms with van der Waals surface area (Å²) in [4.78, 5) is 10.2. The van der Waals surface area contributed by atoms with Crippen LogP contribution in [-0.4, -0.2) is 28.4 Å². The van der Waals surface area contributed by atoms with Crippen molar-refractivity contribution in [2.24, 2.45) is 0 Å². The topological polar surface area (TPSA) is 80.6 Å². The van der Waals surface area contributed by atoms with Gasteiger partial charge in [0.2, 0.25) is 0 Å². The first-order chi connectivity index (χ1) is 10.6. The van der Waals surface area contributed by atoms with Crippen molar-refractivity contribution in [3.05, 3.63) is 0 Å². The largest absolute Gasteiger partial charge is 1.00 e. The van der Waals surface area contributed by atoms with Crippen molar-refractivity contribution in [3.8, 4) is 0 Å². The van der Waals surface area contributed by atoms with E-state index in [-0.39, 0.29) is 57.8 Å². The van der Waals surface area contributed by atoms with Crippen molar-refractivity contribution < 1.29 is 71.5 Å². The zero-order valence-electron chi connectivity index (χ0n) is 15.3. The van der Waals surface area contributed by atoms with Crippen LogP contribution < -0.4 is 56.5 Å². The molecule has 0 aromatic carbocycles. The number of aliphatic carboxylic acids is 1. The van der Waals surface area contributed by atoms with Crippen molar-refractivity contribution >= 4 is 5.97 Å². The SMILES string of the molecule is CCCCCCCCC(O)C(O)CCCCCCCC(=O)[O-].[K+]. The summed E-state index contributed by atoms with van der Waals surface area (Å²) in [6.45, 7) is 2.20. The number of carbonyl (C=O) groups is 1. The molecule has 0 aliphatic carbocycles. The molecule has 5 heteroatoms. The maximum absolute atomic E-state index is 10.2. The fourth-order valence-electron chi connectivity index (χ4n) is 2.67. The number of rotatable bonds is 16. The van der Waals surface area contributed by atoms with Crippen LogP contribution in [0.5, 0.6) is 0 Å². The second kappa shape index (κ2) is 19.4. The summed E-state index contributed by atoms with van der Waals surface area (Å²) in [7, 11) is 0. The smallest absolute Gasteiger partial charge is 0.550 e. The monoisotopic (exact) mass is 354 g/mol. The first-order valence-corrected chi connectivity index (χ1v) is 9.14. The Morgan fingerprint density at radius 2 is 1.17 bits per heavy atom. The van der Waals surface area contributed by atoms with Gasteiger partial charge in [0.05, 0.1) is 12.2 Å². The van der Waals surface area contributed by atoms with Crippen molar-refractivity contribution in [2.45, 2.75) is 109 Å². The zero-order valence-corrected chi connectivity index (χ0v) is 18.4. The van der Waals surface area contributed by atoms with E-state index in [1.807, 2.05) is 0 Å². The molecular weight excluding hydrogens is 319 g/mol. The number of aliphatic hydroxyl groups is 2. The van der Waals surface area contributed by atoms with Crippen molar-refractivity contribution in [2.75, 3.05) is 0 Å². The van der Waals surface area contributed by atoms with Crippen LogP contribution in [0, 0.1) is 0 Å². The average molecular weight is 355 g/mol. The predicted molar refractivity (Wildman–Crippen MR) is 87.3 cm³/mol. The third-order valence-corrected chi connectivity index (χ3v) is 4.18. The zero-order chi connectivity index (χ0) is 16.6. The van der Waals surface area contributed by atoms with Gasteiger partial charge in [-0.15, -0.1) is 0 Å². The summed E-state index contributed by atoms with van der Waals surface area (Å²) in [5.41, 5.74) is 0. The molecule has 0 bridgehead atoms. The van der Waals surface area contributed by atoms with E-state index in [1.165, 1.54) is 25.7 Å². The van der Waals surface area contributed by atoms with Crippen LogP contribution in [0.2, 0.25) is 0 Å². The number of hydrogen-bond acceptors (Lipinski definition) is 4. The predicted octanol–water partition coefficient (Wildman–Crippen LogP) is -0.0566. The van der Waals surface area contributed by atoms with Crippen molar-refractivity contribution in [1.29, 1.82) is 0 Å². The molecule has 0 aromatic rings. The first kappa shape index (κ1) is 26.3. The van der Waals surface area contributed by atoms with Gasteiger partial charge in [-0.25, -0.2) is 0 Å². The molecule has 0 rings (SSSR count). The summed E-state index contributed by atoms with van der Waals surface area (Å²) in [5, 5.41) is 30.0. The van der Waals surface area contributed by atoms with Gasteiger partial charge in [0.25, 0.3) is 0 Å². The minimum atomic E-state index is -0.978. The van der Waals surface area contributed by atoms with E-state index >= 15 is 0 Å². The summed E-state index contributed by atoms with van der Waals surface area (Å²) in [5.74, 6) is -0.978. The third kappa shape index (κ3) is 19.2. The maximum atomic E-state index is 10.2. The standard InChI is InChI=1S/C18H36O4.K/c1-2-3-4-5-7-10-13-16(19)17(20)14-11-8-6-9-12-15-18(21)22;/h16-17,19-20H,2-15H2,1H3,(H,21,22);/q;+1/p-1. The molecule has 0 spiro atoms. The molecule has 2 atom stereocenters. The molecule has 0 saturated carbocycles. The quantitative estimate of drug-likeness (QED) is 0.301. The van der Waals surface area contributed by atoms with Gasteiger partial charge in [0.15, 0.2) is 0 Å². The fraction of sp³-hybridized carbons (Fsp3) is 0.944. The van der Waals surface area contributed by atoms with Gasteiger partial charge >= 0.3 is 51.4 Å². The van der Waals surface area contributed by atoms with Crippen LogP contribution in [-0.2, 0) is 4.79 Å². The maximum Gasteiger partial charge on any atom is 1.00 e. The van der Waals surface area contributed by atoms with Gasteiger partial charge in [-0.05, 0) is 25.7 Å². The van der Waals surface area contributed by atoms with E-state index in [2.05, 4.69) is 6.92 Å². The van der Waals surface area contributed by atoms with E-state index in [9.17, 15) is 20.1 Å². The number of carboxylic acid groups (broad SMARTS) is 1. The van der Waals surface area contributed by atoms with Crippen LogP contribution in [0.1, 0.15) is 96.8 Å². The van der Waals surface area contributed by atoms with Gasteiger partial charge in [-0.1, -0.05) is 71.1 Å². The molecule has 0 aromatic heterocycles. The number of unbranched alkanes of at least 4 members (excludes halogenated alkanes) is 9. The molecule has 0 aliphatic rings. The Balaban J connectivity index is 0. The van der Waals surface area contributed by atoms with Crippen LogP contribution >= 0.6 is 0 Å². The molecule has 0 amide bonds. The Morgan fingerprint density at radius 3 is 1.61 bits per heavy atom. The second-order valence-electron chi connectivity index (χ2n) is 6.37. The molecular formula is C18H35KO4. The molecule has 2 N–H and O–H groups in total. The van der Waals surface area contributed by atoms with Gasteiger partial charge in [-0.2, -0.15) is 0 Å². The molecule has 23 heavy (non-hydrogen) atoms. The molecule has 2 unspecified atom stereocenters. The van der Waals surface area contributed by atoms with Crippen LogP contribution in [0.15, 0.2) is 0 Å². The minimum Gasteiger partial charge on any atom is -0.550 e. The molecule has 0 radical (unpaired) electrons. The van der Waals surface area contributed by atoms with E-state index in [0.717, 1.165) is 38.5 Å². The molecule has 0 fully saturated rings. The van der Waals surface area contributed by atoms with Crippen molar-refractivity contribution in [3.63, 3.8) is 0 Å². The molecule has 0 heterocycles. The van der Waals surface area contributed by atoms with Crippen LogP contribution in [0.4, 0.5) is 0 Å². The normalized spacial score (nSPS) is 13.3.